The van der Waals surface area contributed by atoms with Crippen LogP contribution < -0.4 is 5.32 Å². The van der Waals surface area contributed by atoms with Gasteiger partial charge in [0.05, 0.1) is 18.3 Å². The Labute approximate surface area is 97.6 Å². The van der Waals surface area contributed by atoms with Crippen LogP contribution in [0, 0.1) is 11.3 Å². The SMILES string of the molecule is CC(C)NC(C#N)CN1CC2CCC(C1)O2. The monoisotopic (exact) mass is 223 g/mol. The highest BCUT2D eigenvalue weighted by Crippen LogP contribution is 2.26. The van der Waals surface area contributed by atoms with Gasteiger partial charge in [0.2, 0.25) is 0 Å². The van der Waals surface area contributed by atoms with Gasteiger partial charge in [0.25, 0.3) is 0 Å². The lowest BCUT2D eigenvalue weighted by molar-refractivity contribution is -0.0393. The van der Waals surface area contributed by atoms with Crippen LogP contribution in [-0.2, 0) is 4.74 Å². The molecule has 0 aromatic rings. The van der Waals surface area contributed by atoms with Gasteiger partial charge in [-0.2, -0.15) is 5.26 Å². The molecule has 0 aliphatic carbocycles. The smallest absolute Gasteiger partial charge is 0.108 e. The van der Waals surface area contributed by atoms with Gasteiger partial charge >= 0.3 is 0 Å². The van der Waals surface area contributed by atoms with Gasteiger partial charge in [-0.1, -0.05) is 0 Å². The molecule has 16 heavy (non-hydrogen) atoms. The molecule has 2 rings (SSSR count). The van der Waals surface area contributed by atoms with Crippen molar-refractivity contribution in [3.63, 3.8) is 0 Å². The summed E-state index contributed by atoms with van der Waals surface area (Å²) in [7, 11) is 0. The number of likely N-dealkylation sites (tertiary alicyclic amines) is 1. The molecule has 4 nitrogen and oxygen atoms in total. The fourth-order valence-electron chi connectivity index (χ4n) is 2.64. The maximum absolute atomic E-state index is 9.08. The molecule has 1 N–H and O–H groups in total. The second-order valence-electron chi connectivity index (χ2n) is 5.18. The second kappa shape index (κ2) is 5.13. The van der Waals surface area contributed by atoms with Crippen LogP contribution in [0.5, 0.6) is 0 Å². The highest BCUT2D eigenvalue weighted by molar-refractivity contribution is 4.95. The fourth-order valence-corrected chi connectivity index (χ4v) is 2.64. The van der Waals surface area contributed by atoms with Gasteiger partial charge in [0.15, 0.2) is 0 Å². The van der Waals surface area contributed by atoms with Crippen LogP contribution in [0.3, 0.4) is 0 Å². The minimum Gasteiger partial charge on any atom is -0.372 e. The number of nitrogens with zero attached hydrogens (tertiary/aromatic N) is 2. The quantitative estimate of drug-likeness (QED) is 0.763. The maximum atomic E-state index is 9.08. The number of nitriles is 1. The largest absolute Gasteiger partial charge is 0.372 e. The summed E-state index contributed by atoms with van der Waals surface area (Å²) in [5.74, 6) is 0. The summed E-state index contributed by atoms with van der Waals surface area (Å²) in [5.41, 5.74) is 0. The zero-order valence-corrected chi connectivity index (χ0v) is 10.1. The van der Waals surface area contributed by atoms with E-state index >= 15 is 0 Å². The summed E-state index contributed by atoms with van der Waals surface area (Å²) in [6, 6.07) is 2.64. The lowest BCUT2D eigenvalue weighted by atomic mass is 10.2. The van der Waals surface area contributed by atoms with Crippen molar-refractivity contribution in [3.05, 3.63) is 0 Å². The third kappa shape index (κ3) is 2.94. The van der Waals surface area contributed by atoms with E-state index in [1.54, 1.807) is 0 Å². The molecule has 2 aliphatic rings. The number of fused-ring (bicyclic) bond motifs is 2. The molecular formula is C12H21N3O. The van der Waals surface area contributed by atoms with E-state index in [4.69, 9.17) is 10.00 Å². The van der Waals surface area contributed by atoms with Crippen molar-refractivity contribution in [2.45, 2.75) is 51.0 Å². The first-order valence-electron chi connectivity index (χ1n) is 6.21. The van der Waals surface area contributed by atoms with E-state index in [2.05, 4.69) is 30.1 Å². The summed E-state index contributed by atoms with van der Waals surface area (Å²) in [4.78, 5) is 2.37. The average molecular weight is 223 g/mol. The predicted molar refractivity (Wildman–Crippen MR) is 62.0 cm³/mol. The number of rotatable bonds is 4. The maximum Gasteiger partial charge on any atom is 0.108 e. The van der Waals surface area contributed by atoms with Gasteiger partial charge in [-0.3, -0.25) is 10.2 Å². The second-order valence-corrected chi connectivity index (χ2v) is 5.18. The lowest BCUT2D eigenvalue weighted by Crippen LogP contribution is -2.49. The normalized spacial score (nSPS) is 31.6. The molecule has 3 unspecified atom stereocenters. The highest BCUT2D eigenvalue weighted by Gasteiger charge is 2.34. The average Bonchev–Trinajstić information content (AvgIpc) is 2.56. The van der Waals surface area contributed by atoms with Crippen LogP contribution in [0.1, 0.15) is 26.7 Å². The standard InChI is InChI=1S/C12H21N3O/c1-9(2)14-10(5-13)6-15-7-11-3-4-12(8-15)16-11/h9-12,14H,3-4,6-8H2,1-2H3. The first kappa shape index (κ1) is 11.8. The first-order chi connectivity index (χ1) is 7.67. The van der Waals surface area contributed by atoms with Crippen molar-refractivity contribution < 1.29 is 4.74 Å². The predicted octanol–water partition coefficient (Wildman–Crippen LogP) is 0.740. The number of morpholine rings is 1. The molecule has 2 heterocycles. The van der Waals surface area contributed by atoms with Crippen molar-refractivity contribution >= 4 is 0 Å². The molecule has 2 aliphatic heterocycles. The summed E-state index contributed by atoms with van der Waals surface area (Å²) < 4.78 is 5.78. The van der Waals surface area contributed by atoms with Gasteiger partial charge in [-0.25, -0.2) is 0 Å². The summed E-state index contributed by atoms with van der Waals surface area (Å²) in [6.45, 7) is 6.97. The minimum atomic E-state index is -0.0579. The lowest BCUT2D eigenvalue weighted by Gasteiger charge is -2.33. The fraction of sp³-hybridized carbons (Fsp3) is 0.917. The Morgan fingerprint density at radius 2 is 2.00 bits per heavy atom. The topological polar surface area (TPSA) is 48.3 Å². The van der Waals surface area contributed by atoms with E-state index in [-0.39, 0.29) is 6.04 Å². The molecule has 0 spiro atoms. The van der Waals surface area contributed by atoms with Crippen LogP contribution in [0.2, 0.25) is 0 Å². The number of hydrogen-bond donors (Lipinski definition) is 1. The summed E-state index contributed by atoms with van der Waals surface area (Å²) in [5, 5.41) is 12.4. The molecule has 0 aromatic carbocycles. The Kier molecular flexibility index (Phi) is 3.80. The van der Waals surface area contributed by atoms with Gasteiger partial charge < -0.3 is 4.74 Å². The van der Waals surface area contributed by atoms with Crippen molar-refractivity contribution in [1.29, 1.82) is 5.26 Å². The zero-order valence-electron chi connectivity index (χ0n) is 10.1. The number of hydrogen-bond acceptors (Lipinski definition) is 4. The molecule has 90 valence electrons. The van der Waals surface area contributed by atoms with Crippen molar-refractivity contribution in [3.8, 4) is 6.07 Å². The van der Waals surface area contributed by atoms with Crippen LogP contribution in [0.15, 0.2) is 0 Å². The van der Waals surface area contributed by atoms with E-state index in [1.807, 2.05) is 0 Å². The van der Waals surface area contributed by atoms with Gasteiger partial charge in [0.1, 0.15) is 6.04 Å². The Hall–Kier alpha value is -0.630. The van der Waals surface area contributed by atoms with E-state index in [9.17, 15) is 0 Å². The Morgan fingerprint density at radius 3 is 2.50 bits per heavy atom. The molecule has 0 aromatic heterocycles. The molecule has 4 heteroatoms. The number of ether oxygens (including phenoxy) is 1. The van der Waals surface area contributed by atoms with E-state index < -0.39 is 0 Å². The third-order valence-electron chi connectivity index (χ3n) is 3.25. The Balaban J connectivity index is 1.82. The first-order valence-corrected chi connectivity index (χ1v) is 6.21. The molecule has 0 amide bonds. The van der Waals surface area contributed by atoms with Gasteiger partial charge in [-0.05, 0) is 26.7 Å². The van der Waals surface area contributed by atoms with Crippen LogP contribution in [0.4, 0.5) is 0 Å². The van der Waals surface area contributed by atoms with Crippen molar-refractivity contribution in [1.82, 2.24) is 10.2 Å². The van der Waals surface area contributed by atoms with Crippen molar-refractivity contribution in [2.75, 3.05) is 19.6 Å². The van der Waals surface area contributed by atoms with Crippen LogP contribution in [0.25, 0.3) is 0 Å². The Morgan fingerprint density at radius 1 is 1.38 bits per heavy atom. The van der Waals surface area contributed by atoms with Gasteiger partial charge in [-0.15, -0.1) is 0 Å². The number of nitrogens with one attached hydrogen (secondary N) is 1. The molecule has 3 atom stereocenters. The third-order valence-corrected chi connectivity index (χ3v) is 3.25. The molecule has 0 saturated carbocycles. The molecule has 2 fully saturated rings. The molecular weight excluding hydrogens is 202 g/mol. The highest BCUT2D eigenvalue weighted by atomic mass is 16.5. The zero-order chi connectivity index (χ0) is 11.5. The summed E-state index contributed by atoms with van der Waals surface area (Å²) >= 11 is 0. The molecule has 2 bridgehead atoms. The van der Waals surface area contributed by atoms with Gasteiger partial charge in [0, 0.05) is 25.7 Å². The molecule has 0 radical (unpaired) electrons. The van der Waals surface area contributed by atoms with E-state index in [0.717, 1.165) is 19.6 Å². The van der Waals surface area contributed by atoms with E-state index in [1.165, 1.54) is 12.8 Å². The Bertz CT molecular complexity index is 262. The van der Waals surface area contributed by atoms with Crippen LogP contribution >= 0.6 is 0 Å². The summed E-state index contributed by atoms with van der Waals surface area (Å²) in [6.07, 6.45) is 3.21. The van der Waals surface area contributed by atoms with E-state index in [0.29, 0.717) is 18.2 Å². The van der Waals surface area contributed by atoms with Crippen LogP contribution in [-0.4, -0.2) is 48.8 Å². The van der Waals surface area contributed by atoms with Crippen molar-refractivity contribution in [2.24, 2.45) is 0 Å². The molecule has 2 saturated heterocycles. The minimum absolute atomic E-state index is 0.0579.